The smallest absolute Gasteiger partial charge is 0.227 e. The number of para-hydroxylation sites is 1. The van der Waals surface area contributed by atoms with E-state index in [1.807, 2.05) is 18.2 Å². The molecule has 0 spiro atoms. The molecule has 1 N–H and O–H groups in total. The summed E-state index contributed by atoms with van der Waals surface area (Å²) in [6, 6.07) is 8.40. The largest absolute Gasteiger partial charge is 0.492 e. The Balaban J connectivity index is 1.27. The van der Waals surface area contributed by atoms with Gasteiger partial charge in [-0.15, -0.1) is 0 Å². The normalized spacial score (nSPS) is 39.4. The number of carbonyl (C=O) groups is 1. The van der Waals surface area contributed by atoms with E-state index in [1.54, 1.807) is 0 Å². The molecule has 25 heavy (non-hydrogen) atoms. The SMILES string of the molecule is C[C@@H](NC(=O)[C@H]1COc2ccccc2C1)C12CC3CC(CC(C3)C1)C2. The third-order valence-corrected chi connectivity index (χ3v) is 7.61. The summed E-state index contributed by atoms with van der Waals surface area (Å²) in [6.45, 7) is 2.78. The van der Waals surface area contributed by atoms with Crippen molar-refractivity contribution in [2.75, 3.05) is 6.61 Å². The molecule has 1 aromatic rings. The maximum absolute atomic E-state index is 12.9. The van der Waals surface area contributed by atoms with Crippen molar-refractivity contribution in [1.82, 2.24) is 5.32 Å². The lowest BCUT2D eigenvalue weighted by molar-refractivity contribution is -0.131. The van der Waals surface area contributed by atoms with Crippen LogP contribution in [0.3, 0.4) is 0 Å². The minimum absolute atomic E-state index is 0.0498. The van der Waals surface area contributed by atoms with Gasteiger partial charge in [0.1, 0.15) is 12.4 Å². The van der Waals surface area contributed by atoms with Crippen molar-refractivity contribution in [2.24, 2.45) is 29.1 Å². The van der Waals surface area contributed by atoms with E-state index in [4.69, 9.17) is 4.74 Å². The van der Waals surface area contributed by atoms with E-state index in [-0.39, 0.29) is 11.8 Å². The molecule has 0 radical (unpaired) electrons. The van der Waals surface area contributed by atoms with Crippen LogP contribution < -0.4 is 10.1 Å². The Bertz CT molecular complexity index is 647. The van der Waals surface area contributed by atoms with Crippen LogP contribution in [-0.2, 0) is 11.2 Å². The maximum atomic E-state index is 12.9. The molecule has 0 saturated heterocycles. The highest BCUT2D eigenvalue weighted by atomic mass is 16.5. The maximum Gasteiger partial charge on any atom is 0.227 e. The van der Waals surface area contributed by atoms with E-state index in [1.165, 1.54) is 38.5 Å². The van der Waals surface area contributed by atoms with Crippen LogP contribution in [0, 0.1) is 29.1 Å². The highest BCUT2D eigenvalue weighted by Crippen LogP contribution is 2.61. The van der Waals surface area contributed by atoms with Gasteiger partial charge in [-0.05, 0) is 86.7 Å². The van der Waals surface area contributed by atoms with E-state index in [9.17, 15) is 4.79 Å². The van der Waals surface area contributed by atoms with Gasteiger partial charge in [0.25, 0.3) is 0 Å². The summed E-state index contributed by atoms with van der Waals surface area (Å²) >= 11 is 0. The van der Waals surface area contributed by atoms with Crippen LogP contribution in [0.1, 0.15) is 51.0 Å². The van der Waals surface area contributed by atoms with Crippen LogP contribution >= 0.6 is 0 Å². The molecule has 4 saturated carbocycles. The van der Waals surface area contributed by atoms with Crippen LogP contribution in [0.4, 0.5) is 0 Å². The second-order valence-corrected chi connectivity index (χ2v) is 9.33. The fourth-order valence-corrected chi connectivity index (χ4v) is 6.69. The van der Waals surface area contributed by atoms with Gasteiger partial charge < -0.3 is 10.1 Å². The minimum atomic E-state index is -0.0498. The van der Waals surface area contributed by atoms with Crippen LogP contribution in [0.15, 0.2) is 24.3 Å². The van der Waals surface area contributed by atoms with Crippen LogP contribution in [0.5, 0.6) is 5.75 Å². The number of amides is 1. The summed E-state index contributed by atoms with van der Waals surface area (Å²) in [7, 11) is 0. The number of ether oxygens (including phenoxy) is 1. The molecule has 5 aliphatic rings. The lowest BCUT2D eigenvalue weighted by atomic mass is 9.48. The number of carbonyl (C=O) groups excluding carboxylic acids is 1. The van der Waals surface area contributed by atoms with Gasteiger partial charge in [-0.2, -0.15) is 0 Å². The van der Waals surface area contributed by atoms with Crippen LogP contribution in [-0.4, -0.2) is 18.6 Å². The molecule has 0 unspecified atom stereocenters. The Morgan fingerprint density at radius 2 is 1.76 bits per heavy atom. The molecule has 4 aliphatic carbocycles. The van der Waals surface area contributed by atoms with Gasteiger partial charge in [-0.25, -0.2) is 0 Å². The highest BCUT2D eigenvalue weighted by molar-refractivity contribution is 5.80. The zero-order chi connectivity index (χ0) is 17.0. The van der Waals surface area contributed by atoms with E-state index >= 15 is 0 Å². The number of rotatable bonds is 3. The number of hydrogen-bond donors (Lipinski definition) is 1. The van der Waals surface area contributed by atoms with Gasteiger partial charge in [-0.1, -0.05) is 18.2 Å². The second-order valence-electron chi connectivity index (χ2n) is 9.33. The van der Waals surface area contributed by atoms with Gasteiger partial charge >= 0.3 is 0 Å². The molecule has 0 aromatic heterocycles. The fourth-order valence-electron chi connectivity index (χ4n) is 6.69. The number of hydrogen-bond acceptors (Lipinski definition) is 2. The van der Waals surface area contributed by atoms with E-state index in [2.05, 4.69) is 18.3 Å². The first kappa shape index (κ1) is 15.7. The molecule has 1 aromatic carbocycles. The average molecular weight is 339 g/mol. The Labute approximate surface area is 150 Å². The predicted octanol–water partition coefficient (Wildman–Crippen LogP) is 3.96. The standard InChI is InChI=1S/C22H29NO2/c1-14(22-10-15-6-16(11-22)8-17(7-15)12-22)23-21(24)19-9-18-4-2-3-5-20(18)25-13-19/h2-5,14-17,19H,6-13H2,1H3,(H,23,24)/t14-,15?,16?,17?,19-,22?/m1/s1. The summed E-state index contributed by atoms with van der Waals surface area (Å²) in [5.41, 5.74) is 1.54. The molecule has 6 rings (SSSR count). The number of fused-ring (bicyclic) bond motifs is 1. The molecule has 1 aliphatic heterocycles. The monoisotopic (exact) mass is 339 g/mol. The molecule has 3 heteroatoms. The Kier molecular flexibility index (Phi) is 3.62. The number of nitrogens with one attached hydrogen (secondary N) is 1. The zero-order valence-corrected chi connectivity index (χ0v) is 15.2. The van der Waals surface area contributed by atoms with E-state index in [0.717, 1.165) is 35.5 Å². The third-order valence-electron chi connectivity index (χ3n) is 7.61. The molecule has 3 nitrogen and oxygen atoms in total. The quantitative estimate of drug-likeness (QED) is 0.905. The molecule has 134 valence electrons. The van der Waals surface area contributed by atoms with Crippen LogP contribution in [0.2, 0.25) is 0 Å². The van der Waals surface area contributed by atoms with Crippen molar-refractivity contribution >= 4 is 5.91 Å². The molecule has 1 amide bonds. The topological polar surface area (TPSA) is 38.3 Å². The Morgan fingerprint density at radius 1 is 1.12 bits per heavy atom. The third kappa shape index (κ3) is 2.67. The summed E-state index contributed by atoms with van der Waals surface area (Å²) in [5.74, 6) is 3.87. The van der Waals surface area contributed by atoms with Crippen molar-refractivity contribution in [3.63, 3.8) is 0 Å². The molecule has 4 fully saturated rings. The van der Waals surface area contributed by atoms with Crippen molar-refractivity contribution < 1.29 is 9.53 Å². The first-order valence-electron chi connectivity index (χ1n) is 10.1. The van der Waals surface area contributed by atoms with Gasteiger partial charge in [0.05, 0.1) is 5.92 Å². The first-order valence-corrected chi connectivity index (χ1v) is 10.1. The molecule has 2 atom stereocenters. The van der Waals surface area contributed by atoms with Crippen molar-refractivity contribution in [2.45, 2.75) is 57.9 Å². The van der Waals surface area contributed by atoms with Gasteiger partial charge in [0, 0.05) is 6.04 Å². The summed E-state index contributed by atoms with van der Waals surface area (Å²) in [6.07, 6.45) is 9.17. The predicted molar refractivity (Wildman–Crippen MR) is 97.3 cm³/mol. The number of benzene rings is 1. The van der Waals surface area contributed by atoms with E-state index < -0.39 is 0 Å². The van der Waals surface area contributed by atoms with Gasteiger partial charge in [0.2, 0.25) is 5.91 Å². The van der Waals surface area contributed by atoms with Gasteiger partial charge in [0.15, 0.2) is 0 Å². The lowest BCUT2D eigenvalue weighted by Gasteiger charge is -2.59. The Hall–Kier alpha value is -1.51. The summed E-state index contributed by atoms with van der Waals surface area (Å²) < 4.78 is 5.83. The zero-order valence-electron chi connectivity index (χ0n) is 15.2. The van der Waals surface area contributed by atoms with Crippen LogP contribution in [0.25, 0.3) is 0 Å². The van der Waals surface area contributed by atoms with Crippen molar-refractivity contribution in [1.29, 1.82) is 0 Å². The fraction of sp³-hybridized carbons (Fsp3) is 0.682. The minimum Gasteiger partial charge on any atom is -0.492 e. The van der Waals surface area contributed by atoms with Crippen molar-refractivity contribution in [3.8, 4) is 5.75 Å². The summed E-state index contributed by atoms with van der Waals surface area (Å²) in [5, 5.41) is 3.42. The second kappa shape index (κ2) is 5.75. The van der Waals surface area contributed by atoms with E-state index in [0.29, 0.717) is 18.1 Å². The molecular weight excluding hydrogens is 310 g/mol. The highest BCUT2D eigenvalue weighted by Gasteiger charge is 2.53. The molecule has 4 bridgehead atoms. The lowest BCUT2D eigenvalue weighted by Crippen LogP contribution is -2.56. The van der Waals surface area contributed by atoms with Gasteiger partial charge in [-0.3, -0.25) is 4.79 Å². The first-order chi connectivity index (χ1) is 12.1. The van der Waals surface area contributed by atoms with Crippen molar-refractivity contribution in [3.05, 3.63) is 29.8 Å². The Morgan fingerprint density at radius 3 is 2.44 bits per heavy atom. The average Bonchev–Trinajstić information content (AvgIpc) is 2.60. The molecule has 1 heterocycles. The summed E-state index contributed by atoms with van der Waals surface area (Å²) in [4.78, 5) is 12.9. The molecular formula is C22H29NO2.